The molecule has 0 aliphatic rings. The van der Waals surface area contributed by atoms with Gasteiger partial charge in [-0.05, 0) is 41.3 Å². The molecule has 0 atom stereocenters. The molecule has 0 amide bonds. The second-order valence-electron chi connectivity index (χ2n) is 5.66. The average Bonchev–Trinajstić information content (AvgIpc) is 2.98. The van der Waals surface area contributed by atoms with Gasteiger partial charge in [0.15, 0.2) is 0 Å². The first-order valence-corrected chi connectivity index (χ1v) is 7.19. The van der Waals surface area contributed by atoms with Crippen LogP contribution in [0.4, 0.5) is 8.78 Å². The molecule has 3 aromatic rings. The first kappa shape index (κ1) is 12.0. The Labute approximate surface area is 137 Å². The maximum absolute atomic E-state index is 14.4. The first-order valence-electron chi connectivity index (χ1n) is 8.69. The van der Waals surface area contributed by atoms with E-state index in [9.17, 15) is 8.78 Å². The summed E-state index contributed by atoms with van der Waals surface area (Å²) in [7, 11) is 1.44. The summed E-state index contributed by atoms with van der Waals surface area (Å²) < 4.78 is 57.5. The maximum atomic E-state index is 14.4. The normalized spacial score (nSPS) is 13.9. The Balaban J connectivity index is 2.28. The van der Waals surface area contributed by atoms with Crippen LogP contribution in [0, 0.1) is 11.6 Å². The molecule has 0 aliphatic carbocycles. The van der Waals surface area contributed by atoms with E-state index in [1.807, 2.05) is 0 Å². The molecule has 0 spiro atoms. The fourth-order valence-electron chi connectivity index (χ4n) is 2.79. The highest BCUT2D eigenvalue weighted by Crippen LogP contribution is 2.35. The minimum absolute atomic E-state index is 0.0247. The molecule has 0 aliphatic heterocycles. The zero-order valence-electron chi connectivity index (χ0n) is 16.0. The molecule has 2 aromatic carbocycles. The number of nitrogens with zero attached hydrogens (tertiary/aromatic N) is 2. The van der Waals surface area contributed by atoms with Gasteiger partial charge in [0, 0.05) is 28.2 Å². The van der Waals surface area contributed by atoms with Crippen molar-refractivity contribution in [1.29, 1.82) is 0 Å². The Hall–Kier alpha value is -2.43. The molecular formula is C18H18F2N2O. The molecule has 3 nitrogen and oxygen atoms in total. The van der Waals surface area contributed by atoms with Crippen LogP contribution in [-0.4, -0.2) is 16.9 Å². The van der Waals surface area contributed by atoms with E-state index in [2.05, 4.69) is 5.10 Å². The molecule has 5 heteroatoms. The zero-order valence-corrected chi connectivity index (χ0v) is 13.0. The van der Waals surface area contributed by atoms with Crippen molar-refractivity contribution in [3.8, 4) is 16.9 Å². The molecule has 0 fully saturated rings. The van der Waals surface area contributed by atoms with Gasteiger partial charge in [0.25, 0.3) is 0 Å². The van der Waals surface area contributed by atoms with E-state index in [1.165, 1.54) is 25.4 Å². The van der Waals surface area contributed by atoms with Crippen LogP contribution < -0.4 is 4.74 Å². The molecule has 0 unspecified atom stereocenters. The summed E-state index contributed by atoms with van der Waals surface area (Å²) in [6, 6.07) is 5.75. The number of halogens is 2. The summed E-state index contributed by atoms with van der Waals surface area (Å²) in [5.41, 5.74) is 1.12. The third-order valence-electron chi connectivity index (χ3n) is 3.83. The highest BCUT2D eigenvalue weighted by Gasteiger charge is 2.17. The van der Waals surface area contributed by atoms with E-state index in [-0.39, 0.29) is 11.5 Å². The van der Waals surface area contributed by atoms with Gasteiger partial charge in [0.1, 0.15) is 22.9 Å². The Bertz CT molecular complexity index is 957. The lowest BCUT2D eigenvalue weighted by Gasteiger charge is -2.12. The van der Waals surface area contributed by atoms with E-state index < -0.39 is 18.6 Å². The number of ether oxygens (including phenoxy) is 1. The minimum atomic E-state index is -2.47. The second kappa shape index (κ2) is 5.65. The van der Waals surface area contributed by atoms with E-state index in [0.29, 0.717) is 27.8 Å². The summed E-state index contributed by atoms with van der Waals surface area (Å²) in [5, 5.41) is 4.51. The standard InChI is InChI=1S/C18H18F2N2O/c1-10(2)17-14(19)7-11(8-15(17)20)12-5-6-16(23-4)18-13(12)9-22(3)21-18/h5-10H,1-4H3/i3D3. The van der Waals surface area contributed by atoms with E-state index >= 15 is 0 Å². The monoisotopic (exact) mass is 319 g/mol. The maximum Gasteiger partial charge on any atom is 0.147 e. The molecule has 0 saturated carbocycles. The Morgan fingerprint density at radius 2 is 1.91 bits per heavy atom. The molecule has 0 radical (unpaired) electrons. The first-order chi connectivity index (χ1) is 12.1. The highest BCUT2D eigenvalue weighted by atomic mass is 19.1. The molecule has 3 rings (SSSR count). The van der Waals surface area contributed by atoms with Gasteiger partial charge in [-0.3, -0.25) is 4.68 Å². The largest absolute Gasteiger partial charge is 0.494 e. The van der Waals surface area contributed by atoms with Crippen molar-refractivity contribution in [2.75, 3.05) is 7.11 Å². The quantitative estimate of drug-likeness (QED) is 0.702. The smallest absolute Gasteiger partial charge is 0.147 e. The SMILES string of the molecule is [2H]C([2H])([2H])n1cc2c(-c3cc(F)c(C(C)C)c(F)c3)ccc(OC)c2n1. The van der Waals surface area contributed by atoms with Gasteiger partial charge in [0.05, 0.1) is 7.11 Å². The molecular weight excluding hydrogens is 298 g/mol. The van der Waals surface area contributed by atoms with Gasteiger partial charge in [-0.25, -0.2) is 8.78 Å². The summed E-state index contributed by atoms with van der Waals surface area (Å²) >= 11 is 0. The molecule has 1 aromatic heterocycles. The topological polar surface area (TPSA) is 27.1 Å². The third-order valence-corrected chi connectivity index (χ3v) is 3.83. The fraction of sp³-hybridized carbons (Fsp3) is 0.278. The van der Waals surface area contributed by atoms with Crippen molar-refractivity contribution in [3.05, 3.63) is 47.7 Å². The van der Waals surface area contributed by atoms with Crippen LogP contribution in [0.25, 0.3) is 22.0 Å². The van der Waals surface area contributed by atoms with Gasteiger partial charge >= 0.3 is 0 Å². The van der Waals surface area contributed by atoms with Crippen LogP contribution in [0.1, 0.15) is 29.4 Å². The minimum Gasteiger partial charge on any atom is -0.494 e. The van der Waals surface area contributed by atoms with Gasteiger partial charge in [-0.15, -0.1) is 0 Å². The van der Waals surface area contributed by atoms with Crippen molar-refractivity contribution in [2.45, 2.75) is 19.8 Å². The van der Waals surface area contributed by atoms with Crippen molar-refractivity contribution in [1.82, 2.24) is 9.78 Å². The number of aryl methyl sites for hydroxylation is 1. The lowest BCUT2D eigenvalue weighted by atomic mass is 9.95. The van der Waals surface area contributed by atoms with E-state index in [0.717, 1.165) is 4.68 Å². The van der Waals surface area contributed by atoms with E-state index in [1.54, 1.807) is 26.0 Å². The van der Waals surface area contributed by atoms with Gasteiger partial charge < -0.3 is 4.74 Å². The Morgan fingerprint density at radius 1 is 1.22 bits per heavy atom. The van der Waals surface area contributed by atoms with Gasteiger partial charge in [-0.2, -0.15) is 5.10 Å². The van der Waals surface area contributed by atoms with Crippen molar-refractivity contribution in [2.24, 2.45) is 6.98 Å². The number of methoxy groups -OCH3 is 1. The van der Waals surface area contributed by atoms with Gasteiger partial charge in [0.2, 0.25) is 0 Å². The highest BCUT2D eigenvalue weighted by molar-refractivity contribution is 5.97. The lowest BCUT2D eigenvalue weighted by molar-refractivity contribution is 0.418. The number of hydrogen-bond acceptors (Lipinski definition) is 2. The summed E-state index contributed by atoms with van der Waals surface area (Å²) in [6.07, 6.45) is 1.34. The Kier molecular flexibility index (Phi) is 2.96. The van der Waals surface area contributed by atoms with Crippen LogP contribution >= 0.6 is 0 Å². The van der Waals surface area contributed by atoms with Crippen LogP contribution in [0.3, 0.4) is 0 Å². The number of benzene rings is 2. The van der Waals surface area contributed by atoms with Crippen molar-refractivity contribution < 1.29 is 17.6 Å². The van der Waals surface area contributed by atoms with Crippen LogP contribution in [0.15, 0.2) is 30.5 Å². The molecule has 1 heterocycles. The van der Waals surface area contributed by atoms with Crippen LogP contribution in [0.5, 0.6) is 5.75 Å². The van der Waals surface area contributed by atoms with Crippen molar-refractivity contribution >= 4 is 10.9 Å². The summed E-state index contributed by atoms with van der Waals surface area (Å²) in [6.45, 7) is 0.958. The summed E-state index contributed by atoms with van der Waals surface area (Å²) in [5.74, 6) is -1.19. The fourth-order valence-corrected chi connectivity index (χ4v) is 2.79. The van der Waals surface area contributed by atoms with Crippen LogP contribution in [0.2, 0.25) is 0 Å². The average molecular weight is 319 g/mol. The number of hydrogen-bond donors (Lipinski definition) is 0. The molecule has 23 heavy (non-hydrogen) atoms. The molecule has 120 valence electrons. The van der Waals surface area contributed by atoms with Crippen LogP contribution in [-0.2, 0) is 6.98 Å². The number of rotatable bonds is 3. The second-order valence-corrected chi connectivity index (χ2v) is 5.66. The molecule has 0 saturated heterocycles. The van der Waals surface area contributed by atoms with Gasteiger partial charge in [-0.1, -0.05) is 13.8 Å². The number of fused-ring (bicyclic) bond motifs is 1. The predicted molar refractivity (Wildman–Crippen MR) is 86.7 cm³/mol. The third kappa shape index (κ3) is 2.56. The van der Waals surface area contributed by atoms with E-state index in [4.69, 9.17) is 8.85 Å². The van der Waals surface area contributed by atoms with Crippen molar-refractivity contribution in [3.63, 3.8) is 0 Å². The number of aromatic nitrogens is 2. The zero-order chi connectivity index (χ0) is 19.2. The predicted octanol–water partition coefficient (Wildman–Crippen LogP) is 4.65. The Morgan fingerprint density at radius 3 is 2.48 bits per heavy atom. The summed E-state index contributed by atoms with van der Waals surface area (Å²) in [4.78, 5) is 0. The lowest BCUT2D eigenvalue weighted by Crippen LogP contribution is -1.99. The molecule has 0 N–H and O–H groups in total. The molecule has 0 bridgehead atoms.